The van der Waals surface area contributed by atoms with Crippen LogP contribution < -0.4 is 9.64 Å². The van der Waals surface area contributed by atoms with Crippen molar-refractivity contribution < 1.29 is 19.1 Å². The van der Waals surface area contributed by atoms with Crippen LogP contribution in [0.15, 0.2) is 42.5 Å². The summed E-state index contributed by atoms with van der Waals surface area (Å²) < 4.78 is 12.5. The van der Waals surface area contributed by atoms with Crippen molar-refractivity contribution in [3.8, 4) is 11.4 Å². The van der Waals surface area contributed by atoms with Crippen LogP contribution in [-0.4, -0.2) is 83.1 Å². The Labute approximate surface area is 248 Å². The molecule has 42 heavy (non-hydrogen) atoms. The van der Waals surface area contributed by atoms with E-state index in [9.17, 15) is 9.59 Å². The number of carbonyl (C=O) groups excluding carboxylic acids is 2. The molecule has 10 heteroatoms. The lowest BCUT2D eigenvalue weighted by Crippen LogP contribution is -2.36. The van der Waals surface area contributed by atoms with Crippen molar-refractivity contribution in [3.63, 3.8) is 0 Å². The molecule has 10 nitrogen and oxygen atoms in total. The normalized spacial score (nSPS) is 17.2. The van der Waals surface area contributed by atoms with Crippen LogP contribution in [0.1, 0.15) is 66.3 Å². The van der Waals surface area contributed by atoms with Crippen LogP contribution in [-0.2, 0) is 22.6 Å². The summed E-state index contributed by atoms with van der Waals surface area (Å²) in [6, 6.07) is 13.9. The molecule has 2 aliphatic heterocycles. The zero-order valence-corrected chi connectivity index (χ0v) is 25.1. The molecule has 0 saturated carbocycles. The average Bonchev–Trinajstić information content (AvgIpc) is 3.38. The van der Waals surface area contributed by atoms with Gasteiger partial charge in [-0.25, -0.2) is 4.68 Å². The summed E-state index contributed by atoms with van der Waals surface area (Å²) in [5.74, 6) is 0.619. The van der Waals surface area contributed by atoms with Gasteiger partial charge in [-0.1, -0.05) is 36.6 Å². The Morgan fingerprint density at radius 3 is 2.36 bits per heavy atom. The molecule has 2 aliphatic rings. The summed E-state index contributed by atoms with van der Waals surface area (Å²) in [5.41, 5.74) is 4.85. The van der Waals surface area contributed by atoms with Gasteiger partial charge in [-0.15, -0.1) is 5.10 Å². The van der Waals surface area contributed by atoms with Crippen LogP contribution in [0.2, 0.25) is 0 Å². The average molecular weight is 575 g/mol. The van der Waals surface area contributed by atoms with Gasteiger partial charge in [-0.05, 0) is 61.2 Å². The van der Waals surface area contributed by atoms with Crippen molar-refractivity contribution in [1.29, 1.82) is 0 Å². The van der Waals surface area contributed by atoms with Gasteiger partial charge in [0.2, 0.25) is 5.91 Å². The Balaban J connectivity index is 1.45. The molecule has 0 radical (unpaired) electrons. The van der Waals surface area contributed by atoms with Crippen LogP contribution >= 0.6 is 0 Å². The monoisotopic (exact) mass is 574 g/mol. The molecular weight excluding hydrogens is 532 g/mol. The maximum absolute atomic E-state index is 14.0. The van der Waals surface area contributed by atoms with Crippen molar-refractivity contribution in [2.75, 3.05) is 51.4 Å². The summed E-state index contributed by atoms with van der Waals surface area (Å²) in [4.78, 5) is 33.1. The first-order valence-electron chi connectivity index (χ1n) is 15.0. The molecule has 0 atom stereocenters. The number of nitrogens with zero attached hydrogens (tertiary/aromatic N) is 6. The molecule has 3 aromatic rings. The molecule has 0 aliphatic carbocycles. The highest BCUT2D eigenvalue weighted by atomic mass is 16.5. The van der Waals surface area contributed by atoms with E-state index in [4.69, 9.17) is 9.47 Å². The molecule has 1 aromatic heterocycles. The Morgan fingerprint density at radius 1 is 0.929 bits per heavy atom. The number of carbonyl (C=O) groups is 2. The number of fused-ring (bicyclic) bond motifs is 1. The second kappa shape index (κ2) is 13.9. The zero-order valence-electron chi connectivity index (χ0n) is 25.1. The van der Waals surface area contributed by atoms with E-state index in [2.05, 4.69) is 33.4 Å². The Kier molecular flexibility index (Phi) is 9.86. The molecule has 1 saturated heterocycles. The van der Waals surface area contributed by atoms with Crippen LogP contribution in [0, 0.1) is 6.92 Å². The van der Waals surface area contributed by atoms with E-state index in [1.54, 1.807) is 18.7 Å². The van der Waals surface area contributed by atoms with E-state index in [1.165, 1.54) is 0 Å². The lowest BCUT2D eigenvalue weighted by atomic mass is 10.0. The Morgan fingerprint density at radius 2 is 1.64 bits per heavy atom. The van der Waals surface area contributed by atoms with Gasteiger partial charge in [0.25, 0.3) is 5.91 Å². The Bertz CT molecular complexity index is 1370. The summed E-state index contributed by atoms with van der Waals surface area (Å²) in [5, 5.41) is 8.65. The lowest BCUT2D eigenvalue weighted by Gasteiger charge is -2.30. The number of anilines is 1. The standard InChI is InChI=1S/C32H42N6O4/c1-24-31(33-34-38(24)28-11-13-29(41-3)14-12-28)32(40)36-15-7-5-4-6-8-16-37(25(2)39)30-21-26(9-10-27(30)23-36)22-35-17-19-42-20-18-35/h9-14,21H,4-8,15-20,22-23H2,1-3H3. The van der Waals surface area contributed by atoms with Crippen molar-refractivity contribution in [2.45, 2.75) is 59.0 Å². The summed E-state index contributed by atoms with van der Waals surface area (Å²) in [7, 11) is 1.63. The molecule has 1 fully saturated rings. The third-order valence-corrected chi connectivity index (χ3v) is 8.20. The highest BCUT2D eigenvalue weighted by Crippen LogP contribution is 2.28. The minimum atomic E-state index is -0.151. The van der Waals surface area contributed by atoms with Gasteiger partial charge in [0.1, 0.15) is 5.75 Å². The third kappa shape index (κ3) is 6.99. The minimum absolute atomic E-state index is 0.0213. The molecule has 0 spiro atoms. The molecular formula is C32H42N6O4. The van der Waals surface area contributed by atoms with Crippen molar-refractivity contribution >= 4 is 17.5 Å². The maximum Gasteiger partial charge on any atom is 0.276 e. The number of ether oxygens (including phenoxy) is 2. The fourth-order valence-corrected chi connectivity index (χ4v) is 5.76. The second-order valence-electron chi connectivity index (χ2n) is 11.2. The third-order valence-electron chi connectivity index (χ3n) is 8.20. The van der Waals surface area contributed by atoms with Crippen LogP contribution in [0.4, 0.5) is 5.69 Å². The van der Waals surface area contributed by atoms with E-state index >= 15 is 0 Å². The molecule has 2 amide bonds. The number of hydrogen-bond acceptors (Lipinski definition) is 7. The number of benzene rings is 2. The van der Waals surface area contributed by atoms with Crippen LogP contribution in [0.3, 0.4) is 0 Å². The number of morpholine rings is 1. The van der Waals surface area contributed by atoms with Crippen molar-refractivity contribution in [1.82, 2.24) is 24.8 Å². The van der Waals surface area contributed by atoms with E-state index in [0.717, 1.165) is 93.2 Å². The molecule has 2 aromatic carbocycles. The predicted octanol–water partition coefficient (Wildman–Crippen LogP) is 4.38. The molecule has 0 unspecified atom stereocenters. The highest BCUT2D eigenvalue weighted by molar-refractivity contribution is 5.94. The van der Waals surface area contributed by atoms with Gasteiger partial charge >= 0.3 is 0 Å². The zero-order chi connectivity index (χ0) is 29.5. The molecule has 0 N–H and O–H groups in total. The van der Waals surface area contributed by atoms with E-state index in [0.29, 0.717) is 31.0 Å². The van der Waals surface area contributed by atoms with Gasteiger partial charge in [-0.3, -0.25) is 14.5 Å². The fraction of sp³-hybridized carbons (Fsp3) is 0.500. The number of amides is 2. The summed E-state index contributed by atoms with van der Waals surface area (Å²) >= 11 is 0. The minimum Gasteiger partial charge on any atom is -0.497 e. The maximum atomic E-state index is 14.0. The molecule has 0 bridgehead atoms. The van der Waals surface area contributed by atoms with Crippen LogP contribution in [0.5, 0.6) is 5.75 Å². The summed E-state index contributed by atoms with van der Waals surface area (Å²) in [6.45, 7) is 9.26. The number of hydrogen-bond donors (Lipinski definition) is 0. The molecule has 224 valence electrons. The SMILES string of the molecule is COc1ccc(-n2nnc(C(=O)N3CCCCCCCN(C(C)=O)c4cc(CN5CCOCC5)ccc4C3)c2C)cc1. The summed E-state index contributed by atoms with van der Waals surface area (Å²) in [6.07, 6.45) is 5.04. The topological polar surface area (TPSA) is 93.0 Å². The van der Waals surface area contributed by atoms with Crippen molar-refractivity contribution in [3.05, 3.63) is 65.0 Å². The van der Waals surface area contributed by atoms with E-state index in [1.807, 2.05) is 41.0 Å². The largest absolute Gasteiger partial charge is 0.497 e. The van der Waals surface area contributed by atoms with Gasteiger partial charge in [-0.2, -0.15) is 0 Å². The van der Waals surface area contributed by atoms with Crippen LogP contribution in [0.25, 0.3) is 5.69 Å². The van der Waals surface area contributed by atoms with E-state index in [-0.39, 0.29) is 11.8 Å². The lowest BCUT2D eigenvalue weighted by molar-refractivity contribution is -0.116. The number of aromatic nitrogens is 3. The van der Waals surface area contributed by atoms with Gasteiger partial charge in [0.15, 0.2) is 5.69 Å². The second-order valence-corrected chi connectivity index (χ2v) is 11.2. The fourth-order valence-electron chi connectivity index (χ4n) is 5.76. The molecule has 5 rings (SSSR count). The smallest absolute Gasteiger partial charge is 0.276 e. The first-order valence-corrected chi connectivity index (χ1v) is 15.0. The van der Waals surface area contributed by atoms with Gasteiger partial charge < -0.3 is 19.3 Å². The first kappa shape index (κ1) is 29.7. The number of rotatable bonds is 5. The van der Waals surface area contributed by atoms with Gasteiger partial charge in [0.05, 0.1) is 31.7 Å². The predicted molar refractivity (Wildman–Crippen MR) is 161 cm³/mol. The van der Waals surface area contributed by atoms with E-state index < -0.39 is 0 Å². The Hall–Kier alpha value is -3.76. The number of methoxy groups -OCH3 is 1. The van der Waals surface area contributed by atoms with Crippen molar-refractivity contribution in [2.24, 2.45) is 0 Å². The van der Waals surface area contributed by atoms with Gasteiger partial charge in [0, 0.05) is 51.9 Å². The highest BCUT2D eigenvalue weighted by Gasteiger charge is 2.26. The molecule has 3 heterocycles. The quantitative estimate of drug-likeness (QED) is 0.447. The first-order chi connectivity index (χ1) is 20.4.